The van der Waals surface area contributed by atoms with E-state index in [0.29, 0.717) is 31.1 Å². The first-order chi connectivity index (χ1) is 11.8. The van der Waals surface area contributed by atoms with E-state index in [1.807, 2.05) is 35.2 Å². The molecule has 0 spiro atoms. The molecule has 4 nitrogen and oxygen atoms in total. The molecule has 1 fully saturated rings. The van der Waals surface area contributed by atoms with E-state index in [2.05, 4.69) is 20.8 Å². The Morgan fingerprint density at radius 1 is 1.20 bits per heavy atom. The van der Waals surface area contributed by atoms with Crippen molar-refractivity contribution in [2.45, 2.75) is 34.1 Å². The number of nitrogens with zero attached hydrogens (tertiary/aromatic N) is 1. The van der Waals surface area contributed by atoms with Gasteiger partial charge in [0, 0.05) is 18.4 Å². The highest BCUT2D eigenvalue weighted by Crippen LogP contribution is 2.39. The summed E-state index contributed by atoms with van der Waals surface area (Å²) in [6, 6.07) is 11.4. The fraction of sp³-hybridized carbons (Fsp3) is 0.429. The summed E-state index contributed by atoms with van der Waals surface area (Å²) in [5, 5.41) is 1.74. The van der Waals surface area contributed by atoms with E-state index in [4.69, 9.17) is 4.74 Å². The van der Waals surface area contributed by atoms with Gasteiger partial charge in [0.2, 0.25) is 5.91 Å². The monoisotopic (exact) mass is 339 g/mol. The number of benzene rings is 2. The van der Waals surface area contributed by atoms with Crippen molar-refractivity contribution in [3.8, 4) is 0 Å². The normalized spacial score (nSPS) is 18.0. The highest BCUT2D eigenvalue weighted by atomic mass is 16.5. The van der Waals surface area contributed by atoms with Gasteiger partial charge in [0.05, 0.1) is 17.9 Å². The molecule has 0 saturated carbocycles. The standard InChI is InChI=1S/C21H25NO3/c1-5-25-20(24)16-10-6-8-14-9-7-11-17(19(14)16)22-13-15(12-18(22)23)21(2,3)4/h6-11,15H,5,12-13H2,1-4H3. The number of carbonyl (C=O) groups excluding carboxylic acids is 2. The van der Waals surface area contributed by atoms with Crippen LogP contribution < -0.4 is 4.90 Å². The summed E-state index contributed by atoms with van der Waals surface area (Å²) in [4.78, 5) is 26.9. The van der Waals surface area contributed by atoms with Crippen molar-refractivity contribution in [2.75, 3.05) is 18.1 Å². The molecule has 4 heteroatoms. The van der Waals surface area contributed by atoms with Crippen LogP contribution >= 0.6 is 0 Å². The molecule has 0 bridgehead atoms. The van der Waals surface area contributed by atoms with Crippen molar-refractivity contribution in [2.24, 2.45) is 11.3 Å². The third-order valence-corrected chi connectivity index (χ3v) is 5.02. The van der Waals surface area contributed by atoms with Gasteiger partial charge < -0.3 is 9.64 Å². The quantitative estimate of drug-likeness (QED) is 0.778. The Kier molecular flexibility index (Phi) is 4.55. The fourth-order valence-corrected chi connectivity index (χ4v) is 3.45. The summed E-state index contributed by atoms with van der Waals surface area (Å²) in [7, 11) is 0. The van der Waals surface area contributed by atoms with Gasteiger partial charge in [-0.1, -0.05) is 45.0 Å². The van der Waals surface area contributed by atoms with Crippen LogP contribution in [0.25, 0.3) is 10.8 Å². The number of ether oxygens (including phenoxy) is 1. The molecular weight excluding hydrogens is 314 g/mol. The summed E-state index contributed by atoms with van der Waals surface area (Å²) in [6.07, 6.45) is 0.543. The SMILES string of the molecule is CCOC(=O)c1cccc2cccc(N3CC(C(C)(C)C)CC3=O)c12. The zero-order chi connectivity index (χ0) is 18.2. The molecule has 1 saturated heterocycles. The number of esters is 1. The van der Waals surface area contributed by atoms with Gasteiger partial charge in [-0.15, -0.1) is 0 Å². The minimum Gasteiger partial charge on any atom is -0.462 e. The Bertz CT molecular complexity index is 814. The Morgan fingerprint density at radius 3 is 2.48 bits per heavy atom. The van der Waals surface area contributed by atoms with Crippen LogP contribution in [0.5, 0.6) is 0 Å². The first-order valence-electron chi connectivity index (χ1n) is 8.82. The molecule has 1 amide bonds. The van der Waals surface area contributed by atoms with Gasteiger partial charge in [-0.05, 0) is 35.8 Å². The van der Waals surface area contributed by atoms with Crippen molar-refractivity contribution < 1.29 is 14.3 Å². The Labute approximate surface area is 148 Å². The zero-order valence-electron chi connectivity index (χ0n) is 15.3. The first kappa shape index (κ1) is 17.5. The van der Waals surface area contributed by atoms with Crippen LogP contribution in [0.3, 0.4) is 0 Å². The van der Waals surface area contributed by atoms with Crippen LogP contribution in [-0.4, -0.2) is 25.0 Å². The van der Waals surface area contributed by atoms with Gasteiger partial charge in [0.15, 0.2) is 0 Å². The molecule has 25 heavy (non-hydrogen) atoms. The van der Waals surface area contributed by atoms with Gasteiger partial charge in [-0.25, -0.2) is 4.79 Å². The molecule has 2 aromatic carbocycles. The summed E-state index contributed by atoms with van der Waals surface area (Å²) in [5.74, 6) is 0.0654. The van der Waals surface area contributed by atoms with Gasteiger partial charge in [-0.2, -0.15) is 0 Å². The highest BCUT2D eigenvalue weighted by Gasteiger charge is 2.38. The molecule has 3 rings (SSSR count). The maximum atomic E-state index is 12.7. The maximum absolute atomic E-state index is 12.7. The van der Waals surface area contributed by atoms with Crippen molar-refractivity contribution in [1.29, 1.82) is 0 Å². The van der Waals surface area contributed by atoms with E-state index in [9.17, 15) is 9.59 Å². The average molecular weight is 339 g/mol. The van der Waals surface area contributed by atoms with E-state index >= 15 is 0 Å². The van der Waals surface area contributed by atoms with E-state index in [1.165, 1.54) is 0 Å². The molecule has 0 radical (unpaired) electrons. The van der Waals surface area contributed by atoms with Gasteiger partial charge in [-0.3, -0.25) is 4.79 Å². The van der Waals surface area contributed by atoms with Crippen molar-refractivity contribution in [3.63, 3.8) is 0 Å². The Hall–Kier alpha value is -2.36. The minimum absolute atomic E-state index is 0.0684. The van der Waals surface area contributed by atoms with Crippen LogP contribution in [0.1, 0.15) is 44.5 Å². The molecule has 0 aromatic heterocycles. The Morgan fingerprint density at radius 2 is 1.88 bits per heavy atom. The van der Waals surface area contributed by atoms with Crippen LogP contribution in [0.4, 0.5) is 5.69 Å². The third-order valence-electron chi connectivity index (χ3n) is 5.02. The molecule has 0 aliphatic carbocycles. The predicted octanol–water partition coefficient (Wildman–Crippen LogP) is 4.42. The molecule has 1 aliphatic rings. The topological polar surface area (TPSA) is 46.6 Å². The van der Waals surface area contributed by atoms with E-state index < -0.39 is 0 Å². The molecule has 132 valence electrons. The highest BCUT2D eigenvalue weighted by molar-refractivity contribution is 6.13. The van der Waals surface area contributed by atoms with E-state index in [-0.39, 0.29) is 17.3 Å². The van der Waals surface area contributed by atoms with Crippen molar-refractivity contribution >= 4 is 28.3 Å². The molecule has 0 N–H and O–H groups in total. The lowest BCUT2D eigenvalue weighted by molar-refractivity contribution is -0.117. The number of rotatable bonds is 3. The van der Waals surface area contributed by atoms with Crippen LogP contribution in [0.2, 0.25) is 0 Å². The summed E-state index contributed by atoms with van der Waals surface area (Å²) in [5.41, 5.74) is 1.39. The fourth-order valence-electron chi connectivity index (χ4n) is 3.45. The smallest absolute Gasteiger partial charge is 0.338 e. The van der Waals surface area contributed by atoms with Crippen LogP contribution in [-0.2, 0) is 9.53 Å². The predicted molar refractivity (Wildman–Crippen MR) is 99.8 cm³/mol. The second-order valence-corrected chi connectivity index (χ2v) is 7.67. The second kappa shape index (κ2) is 6.51. The molecule has 1 unspecified atom stereocenters. The number of hydrogen-bond donors (Lipinski definition) is 0. The largest absolute Gasteiger partial charge is 0.462 e. The average Bonchev–Trinajstić information content (AvgIpc) is 2.96. The lowest BCUT2D eigenvalue weighted by atomic mass is 9.80. The lowest BCUT2D eigenvalue weighted by Crippen LogP contribution is -2.27. The molecule has 1 heterocycles. The molecule has 2 aromatic rings. The van der Waals surface area contributed by atoms with Gasteiger partial charge >= 0.3 is 5.97 Å². The van der Waals surface area contributed by atoms with Crippen LogP contribution in [0, 0.1) is 11.3 Å². The molecular formula is C21H25NO3. The maximum Gasteiger partial charge on any atom is 0.338 e. The number of anilines is 1. The van der Waals surface area contributed by atoms with Gasteiger partial charge in [0.25, 0.3) is 0 Å². The lowest BCUT2D eigenvalue weighted by Gasteiger charge is -2.27. The second-order valence-electron chi connectivity index (χ2n) is 7.67. The summed E-state index contributed by atoms with van der Waals surface area (Å²) < 4.78 is 5.21. The molecule has 1 atom stereocenters. The number of carbonyl (C=O) groups is 2. The zero-order valence-corrected chi connectivity index (χ0v) is 15.3. The third kappa shape index (κ3) is 3.26. The van der Waals surface area contributed by atoms with Gasteiger partial charge in [0.1, 0.15) is 0 Å². The van der Waals surface area contributed by atoms with E-state index in [1.54, 1.807) is 13.0 Å². The Balaban J connectivity index is 2.11. The van der Waals surface area contributed by atoms with Crippen molar-refractivity contribution in [1.82, 2.24) is 0 Å². The number of amides is 1. The summed E-state index contributed by atoms with van der Waals surface area (Å²) >= 11 is 0. The molecule has 1 aliphatic heterocycles. The summed E-state index contributed by atoms with van der Waals surface area (Å²) in [6.45, 7) is 9.30. The van der Waals surface area contributed by atoms with Crippen LogP contribution in [0.15, 0.2) is 36.4 Å². The minimum atomic E-state index is -0.348. The number of fused-ring (bicyclic) bond motifs is 1. The first-order valence-corrected chi connectivity index (χ1v) is 8.82. The van der Waals surface area contributed by atoms with Crippen molar-refractivity contribution in [3.05, 3.63) is 42.0 Å². The van der Waals surface area contributed by atoms with E-state index in [0.717, 1.165) is 16.5 Å². The number of hydrogen-bond acceptors (Lipinski definition) is 3.